The smallest absolute Gasteiger partial charge is 0.300 e. The van der Waals surface area contributed by atoms with Crippen LogP contribution in [0.15, 0.2) is 5.18 Å². The van der Waals surface area contributed by atoms with Crippen LogP contribution < -0.4 is 0 Å². The van der Waals surface area contributed by atoms with Crippen LogP contribution >= 0.6 is 0 Å². The molecule has 0 saturated carbocycles. The largest absolute Gasteiger partial charge is 0.303 e. The second-order valence-corrected chi connectivity index (χ2v) is 14.5. The molecule has 0 N–H and O–H groups in total. The number of unbranched alkanes of at least 4 members (excludes halogenated alkanes) is 27. The number of hydrogen-bond acceptors (Lipinski definition) is 4. The van der Waals surface area contributed by atoms with Gasteiger partial charge in [-0.2, -0.15) is 0 Å². The third kappa shape index (κ3) is 34.5. The molecule has 0 aliphatic rings. The third-order valence-corrected chi connectivity index (χ3v) is 9.89. The Bertz CT molecular complexity index is 591. The van der Waals surface area contributed by atoms with Crippen LogP contribution in [0.4, 0.5) is 0 Å². The highest BCUT2D eigenvalue weighted by molar-refractivity contribution is 5.78. The molecule has 0 bridgehead atoms. The Labute approximate surface area is 289 Å². The third-order valence-electron chi connectivity index (χ3n) is 9.89. The fraction of sp³-hybridized carbons (Fsp3) is 0.976. The van der Waals surface area contributed by atoms with Crippen molar-refractivity contribution in [3.8, 4) is 0 Å². The average molecular weight is 650 g/mol. The summed E-state index contributed by atoms with van der Waals surface area (Å²) in [5.74, 6) is -0.514. The van der Waals surface area contributed by atoms with E-state index in [0.29, 0.717) is 0 Å². The molecule has 0 radical (unpaired) electrons. The van der Waals surface area contributed by atoms with Gasteiger partial charge in [0.15, 0.2) is 0 Å². The first-order valence-electron chi connectivity index (χ1n) is 21.0. The van der Waals surface area contributed by atoms with Crippen molar-refractivity contribution in [2.75, 3.05) is 39.3 Å². The summed E-state index contributed by atoms with van der Waals surface area (Å²) in [6.07, 6.45) is 41.9. The zero-order chi connectivity index (χ0) is 33.6. The van der Waals surface area contributed by atoms with E-state index in [1.54, 1.807) is 0 Å². The Hall–Kier alpha value is -0.810. The van der Waals surface area contributed by atoms with Crippen LogP contribution in [0.2, 0.25) is 0 Å². The Kier molecular flexibility index (Phi) is 38.0. The number of amides is 1. The summed E-state index contributed by atoms with van der Waals surface area (Å²) >= 11 is 0. The number of carbonyl (C=O) groups excluding carboxylic acids is 1. The van der Waals surface area contributed by atoms with E-state index in [0.717, 1.165) is 32.5 Å². The summed E-state index contributed by atoms with van der Waals surface area (Å²) in [5, 5.41) is 2.71. The molecule has 1 amide bonds. The summed E-state index contributed by atoms with van der Waals surface area (Å²) in [6, 6.07) is 0. The Morgan fingerprint density at radius 2 is 0.587 bits per heavy atom. The van der Waals surface area contributed by atoms with E-state index in [4.69, 9.17) is 0 Å². The molecule has 0 aromatic carbocycles. The maximum Gasteiger partial charge on any atom is 0.300 e. The predicted molar refractivity (Wildman–Crippen MR) is 204 cm³/mol. The zero-order valence-corrected chi connectivity index (χ0v) is 31.8. The Balaban J connectivity index is 4.43. The van der Waals surface area contributed by atoms with Gasteiger partial charge < -0.3 is 4.90 Å². The van der Waals surface area contributed by atoms with Crippen molar-refractivity contribution in [3.63, 3.8) is 0 Å². The number of hydrogen-bond donors (Lipinski definition) is 0. The minimum atomic E-state index is -0.514. The molecule has 0 rings (SSSR count). The SMILES string of the molecule is CCCCCCCCCCCCN(CCCCCCCCCCCC)CCCN(CCCCCCCCCCCC)CC(=O)N=O. The Morgan fingerprint density at radius 1 is 0.348 bits per heavy atom. The van der Waals surface area contributed by atoms with Crippen molar-refractivity contribution in [2.45, 2.75) is 220 Å². The zero-order valence-electron chi connectivity index (χ0n) is 31.8. The molecule has 46 heavy (non-hydrogen) atoms. The van der Waals surface area contributed by atoms with E-state index in [1.165, 1.54) is 199 Å². The van der Waals surface area contributed by atoms with E-state index in [9.17, 15) is 9.70 Å². The lowest BCUT2D eigenvalue weighted by atomic mass is 10.1. The lowest BCUT2D eigenvalue weighted by Crippen LogP contribution is -2.34. The van der Waals surface area contributed by atoms with Gasteiger partial charge in [-0.3, -0.25) is 9.69 Å². The van der Waals surface area contributed by atoms with Gasteiger partial charge in [0.1, 0.15) is 0 Å². The number of carbonyl (C=O) groups is 1. The highest BCUT2D eigenvalue weighted by atomic mass is 16.3. The summed E-state index contributed by atoms with van der Waals surface area (Å²) < 4.78 is 0. The van der Waals surface area contributed by atoms with Gasteiger partial charge in [-0.1, -0.05) is 194 Å². The highest BCUT2D eigenvalue weighted by Gasteiger charge is 2.12. The Morgan fingerprint density at radius 3 is 0.891 bits per heavy atom. The monoisotopic (exact) mass is 650 g/mol. The molecule has 0 aromatic rings. The first-order valence-corrected chi connectivity index (χ1v) is 21.0. The fourth-order valence-corrected chi connectivity index (χ4v) is 6.81. The molecule has 0 fully saturated rings. The van der Waals surface area contributed by atoms with Crippen LogP contribution in [-0.4, -0.2) is 55.0 Å². The summed E-state index contributed by atoms with van der Waals surface area (Å²) in [4.78, 5) is 27.7. The topological polar surface area (TPSA) is 53.0 Å². The van der Waals surface area contributed by atoms with E-state index in [1.807, 2.05) is 0 Å². The van der Waals surface area contributed by atoms with E-state index < -0.39 is 5.91 Å². The molecule has 0 atom stereocenters. The van der Waals surface area contributed by atoms with Gasteiger partial charge in [0, 0.05) is 5.18 Å². The first-order chi connectivity index (χ1) is 22.7. The van der Waals surface area contributed by atoms with E-state index >= 15 is 0 Å². The first kappa shape index (κ1) is 45.2. The maximum absolute atomic E-state index is 11.9. The molecule has 274 valence electrons. The van der Waals surface area contributed by atoms with Crippen molar-refractivity contribution in [2.24, 2.45) is 5.18 Å². The summed E-state index contributed by atoms with van der Waals surface area (Å²) in [6.45, 7) is 12.4. The molecule has 0 unspecified atom stereocenters. The van der Waals surface area contributed by atoms with Crippen LogP contribution in [0, 0.1) is 4.91 Å². The van der Waals surface area contributed by atoms with Crippen molar-refractivity contribution in [1.82, 2.24) is 9.80 Å². The van der Waals surface area contributed by atoms with Crippen LogP contribution in [-0.2, 0) is 4.79 Å². The van der Waals surface area contributed by atoms with Gasteiger partial charge in [-0.15, -0.1) is 4.91 Å². The van der Waals surface area contributed by atoms with E-state index in [-0.39, 0.29) is 6.54 Å². The van der Waals surface area contributed by atoms with Gasteiger partial charge in [0.25, 0.3) is 5.91 Å². The maximum atomic E-state index is 11.9. The van der Waals surface area contributed by atoms with Gasteiger partial charge in [-0.05, 0) is 58.4 Å². The lowest BCUT2D eigenvalue weighted by Gasteiger charge is -2.25. The molecule has 0 aliphatic carbocycles. The van der Waals surface area contributed by atoms with Crippen LogP contribution in [0.5, 0.6) is 0 Å². The van der Waals surface area contributed by atoms with Crippen molar-refractivity contribution in [3.05, 3.63) is 4.91 Å². The highest BCUT2D eigenvalue weighted by Crippen LogP contribution is 2.14. The average Bonchev–Trinajstić information content (AvgIpc) is 3.06. The van der Waals surface area contributed by atoms with Crippen molar-refractivity contribution < 1.29 is 4.79 Å². The molecule has 0 spiro atoms. The lowest BCUT2D eigenvalue weighted by molar-refractivity contribution is -0.119. The minimum Gasteiger partial charge on any atom is -0.303 e. The van der Waals surface area contributed by atoms with Gasteiger partial charge in [-0.25, -0.2) is 0 Å². The fourth-order valence-electron chi connectivity index (χ4n) is 6.81. The van der Waals surface area contributed by atoms with Gasteiger partial charge >= 0.3 is 0 Å². The molecule has 0 aliphatic heterocycles. The minimum absolute atomic E-state index is 0.192. The van der Waals surface area contributed by atoms with Crippen LogP contribution in [0.25, 0.3) is 0 Å². The van der Waals surface area contributed by atoms with Crippen LogP contribution in [0.1, 0.15) is 220 Å². The molecular formula is C41H83N3O2. The standard InChI is InChI=1S/C41H83N3O2/c1-4-7-10-13-16-19-22-25-28-31-35-43(36-32-29-26-23-20-17-14-11-8-5-2)38-34-39-44(40-41(45)42-46)37-33-30-27-24-21-18-15-12-9-6-3/h4-40H2,1-3H3. The van der Waals surface area contributed by atoms with Crippen molar-refractivity contribution >= 4 is 5.91 Å². The molecule has 5 heteroatoms. The summed E-state index contributed by atoms with van der Waals surface area (Å²) in [5.41, 5.74) is 0. The molecule has 0 aromatic heterocycles. The van der Waals surface area contributed by atoms with Crippen LogP contribution in [0.3, 0.4) is 0 Å². The van der Waals surface area contributed by atoms with E-state index in [2.05, 4.69) is 35.7 Å². The van der Waals surface area contributed by atoms with Crippen molar-refractivity contribution in [1.29, 1.82) is 0 Å². The molecular weight excluding hydrogens is 566 g/mol. The number of nitrogens with zero attached hydrogens (tertiary/aromatic N) is 3. The quantitative estimate of drug-likeness (QED) is 0.0491. The molecule has 0 saturated heterocycles. The summed E-state index contributed by atoms with van der Waals surface area (Å²) in [7, 11) is 0. The van der Waals surface area contributed by atoms with Gasteiger partial charge in [0.2, 0.25) is 0 Å². The second-order valence-electron chi connectivity index (χ2n) is 14.5. The second kappa shape index (κ2) is 38.6. The number of rotatable bonds is 39. The number of nitroso groups, excluding NO2 is 1. The molecule has 0 heterocycles. The predicted octanol–water partition coefficient (Wildman–Crippen LogP) is 13.0. The molecule has 5 nitrogen and oxygen atoms in total. The van der Waals surface area contributed by atoms with Gasteiger partial charge in [0.05, 0.1) is 6.54 Å². The normalized spacial score (nSPS) is 11.7.